The van der Waals surface area contributed by atoms with Crippen molar-refractivity contribution in [2.75, 3.05) is 18.1 Å². The predicted octanol–water partition coefficient (Wildman–Crippen LogP) is 2.35. The van der Waals surface area contributed by atoms with Crippen molar-refractivity contribution in [3.63, 3.8) is 0 Å². The number of nitrogens with two attached hydrogens (primary N) is 1. The van der Waals surface area contributed by atoms with Crippen molar-refractivity contribution >= 4 is 22.5 Å². The summed E-state index contributed by atoms with van der Waals surface area (Å²) in [7, 11) is 1.90. The summed E-state index contributed by atoms with van der Waals surface area (Å²) < 4.78 is 2.03. The molecule has 96 valence electrons. The number of fused-ring (bicyclic) bond motifs is 1. The highest BCUT2D eigenvalue weighted by atomic mass is 15.1. The van der Waals surface area contributed by atoms with E-state index in [2.05, 4.69) is 21.4 Å². The number of aromatic nitrogens is 3. The zero-order valence-electron chi connectivity index (χ0n) is 10.9. The maximum atomic E-state index is 5.93. The van der Waals surface area contributed by atoms with Crippen LogP contribution >= 0.6 is 0 Å². The zero-order chi connectivity index (χ0) is 13.4. The van der Waals surface area contributed by atoms with E-state index < -0.39 is 0 Å². The molecular formula is C14H15N5. The Hall–Kier alpha value is -2.56. The summed E-state index contributed by atoms with van der Waals surface area (Å²) in [4.78, 5) is 8.40. The Morgan fingerprint density at radius 3 is 2.89 bits per heavy atom. The minimum atomic E-state index is 0.519. The lowest BCUT2D eigenvalue weighted by molar-refractivity contribution is 1.07. The van der Waals surface area contributed by atoms with Crippen molar-refractivity contribution in [2.45, 2.75) is 6.92 Å². The smallest absolute Gasteiger partial charge is 0.150 e. The second-order valence-electron chi connectivity index (χ2n) is 4.44. The van der Waals surface area contributed by atoms with Crippen molar-refractivity contribution < 1.29 is 0 Å². The lowest BCUT2D eigenvalue weighted by Gasteiger charge is -2.07. The van der Waals surface area contributed by atoms with Gasteiger partial charge in [0.15, 0.2) is 0 Å². The lowest BCUT2D eigenvalue weighted by atomic mass is 10.2. The van der Waals surface area contributed by atoms with Crippen molar-refractivity contribution in [1.29, 1.82) is 0 Å². The normalized spacial score (nSPS) is 10.8. The average Bonchev–Trinajstić information content (AvgIpc) is 2.78. The number of nitrogens with zero attached hydrogens (tertiary/aromatic N) is 3. The SMILES string of the molecule is CNc1cccc(-n2cc(C)c3c(N)ncnc32)c1. The van der Waals surface area contributed by atoms with Gasteiger partial charge in [0.1, 0.15) is 17.8 Å². The molecule has 3 rings (SSSR count). The second-order valence-corrected chi connectivity index (χ2v) is 4.44. The minimum Gasteiger partial charge on any atom is -0.388 e. The molecule has 0 saturated carbocycles. The molecule has 0 unspecified atom stereocenters. The highest BCUT2D eigenvalue weighted by Crippen LogP contribution is 2.26. The van der Waals surface area contributed by atoms with Gasteiger partial charge in [0, 0.05) is 24.6 Å². The van der Waals surface area contributed by atoms with Gasteiger partial charge in [0.25, 0.3) is 0 Å². The summed E-state index contributed by atoms with van der Waals surface area (Å²) in [5.41, 5.74) is 9.93. The molecule has 0 atom stereocenters. The van der Waals surface area contributed by atoms with Gasteiger partial charge in [-0.05, 0) is 30.7 Å². The molecule has 0 spiro atoms. The van der Waals surface area contributed by atoms with Gasteiger partial charge >= 0.3 is 0 Å². The maximum Gasteiger partial charge on any atom is 0.150 e. The first-order valence-corrected chi connectivity index (χ1v) is 6.07. The van der Waals surface area contributed by atoms with Crippen LogP contribution in [-0.4, -0.2) is 21.6 Å². The zero-order valence-corrected chi connectivity index (χ0v) is 10.9. The molecule has 3 N–H and O–H groups in total. The average molecular weight is 253 g/mol. The molecule has 2 heterocycles. The number of hydrogen-bond acceptors (Lipinski definition) is 4. The molecule has 5 nitrogen and oxygen atoms in total. The van der Waals surface area contributed by atoms with Crippen LogP contribution in [0, 0.1) is 6.92 Å². The van der Waals surface area contributed by atoms with Crippen LogP contribution in [0.3, 0.4) is 0 Å². The maximum absolute atomic E-state index is 5.93. The summed E-state index contributed by atoms with van der Waals surface area (Å²) in [6.07, 6.45) is 3.53. The van der Waals surface area contributed by atoms with E-state index in [4.69, 9.17) is 5.73 Å². The number of nitrogens with one attached hydrogen (secondary N) is 1. The predicted molar refractivity (Wildman–Crippen MR) is 77.6 cm³/mol. The van der Waals surface area contributed by atoms with E-state index in [-0.39, 0.29) is 0 Å². The van der Waals surface area contributed by atoms with E-state index in [1.54, 1.807) is 0 Å². The van der Waals surface area contributed by atoms with Crippen LogP contribution in [0.15, 0.2) is 36.8 Å². The van der Waals surface area contributed by atoms with Gasteiger partial charge in [-0.1, -0.05) is 6.07 Å². The van der Waals surface area contributed by atoms with Crippen molar-refractivity contribution in [3.8, 4) is 5.69 Å². The molecule has 0 aliphatic rings. The fourth-order valence-electron chi connectivity index (χ4n) is 2.28. The van der Waals surface area contributed by atoms with Crippen LogP contribution in [0.25, 0.3) is 16.7 Å². The Labute approximate surface area is 111 Å². The molecule has 3 aromatic rings. The molecule has 0 bridgehead atoms. The van der Waals surface area contributed by atoms with E-state index in [9.17, 15) is 0 Å². The van der Waals surface area contributed by atoms with Crippen LogP contribution in [0.1, 0.15) is 5.56 Å². The Balaban J connectivity index is 2.28. The number of nitrogen functional groups attached to an aromatic ring is 1. The van der Waals surface area contributed by atoms with Crippen molar-refractivity contribution in [3.05, 3.63) is 42.4 Å². The number of anilines is 2. The topological polar surface area (TPSA) is 68.8 Å². The summed E-state index contributed by atoms with van der Waals surface area (Å²) in [5, 5.41) is 4.05. The van der Waals surface area contributed by atoms with Gasteiger partial charge in [0.2, 0.25) is 0 Å². The van der Waals surface area contributed by atoms with Crippen LogP contribution in [0.5, 0.6) is 0 Å². The first-order chi connectivity index (χ1) is 9.20. The fraction of sp³-hybridized carbons (Fsp3) is 0.143. The van der Waals surface area contributed by atoms with Gasteiger partial charge in [-0.15, -0.1) is 0 Å². The molecule has 0 radical (unpaired) electrons. The first-order valence-electron chi connectivity index (χ1n) is 6.07. The van der Waals surface area contributed by atoms with Crippen LogP contribution in [-0.2, 0) is 0 Å². The Bertz CT molecular complexity index is 745. The standard InChI is InChI=1S/C14H15N5/c1-9-7-19(11-5-3-4-10(6-11)16-2)14-12(9)13(15)17-8-18-14/h3-8,16H,1-2H3,(H2,15,17,18). The highest BCUT2D eigenvalue weighted by Gasteiger charge is 2.11. The highest BCUT2D eigenvalue weighted by molar-refractivity contribution is 5.90. The number of rotatable bonds is 2. The van der Waals surface area contributed by atoms with E-state index in [0.717, 1.165) is 28.0 Å². The summed E-state index contributed by atoms with van der Waals surface area (Å²) >= 11 is 0. The number of aryl methyl sites for hydroxylation is 1. The third-order valence-corrected chi connectivity index (χ3v) is 3.21. The lowest BCUT2D eigenvalue weighted by Crippen LogP contribution is -1.97. The summed E-state index contributed by atoms with van der Waals surface area (Å²) in [6.45, 7) is 2.01. The van der Waals surface area contributed by atoms with E-state index in [1.807, 2.05) is 42.9 Å². The first kappa shape index (κ1) is 11.5. The van der Waals surface area contributed by atoms with Crippen molar-refractivity contribution in [1.82, 2.24) is 14.5 Å². The Kier molecular flexibility index (Phi) is 2.59. The van der Waals surface area contributed by atoms with Crippen LogP contribution < -0.4 is 11.1 Å². The molecule has 2 aromatic heterocycles. The fourth-order valence-corrected chi connectivity index (χ4v) is 2.28. The molecule has 0 saturated heterocycles. The summed E-state index contributed by atoms with van der Waals surface area (Å²) in [5.74, 6) is 0.519. The van der Waals surface area contributed by atoms with Gasteiger partial charge in [-0.2, -0.15) is 0 Å². The van der Waals surface area contributed by atoms with Crippen LogP contribution in [0.2, 0.25) is 0 Å². The molecule has 0 fully saturated rings. The van der Waals surface area contributed by atoms with Gasteiger partial charge in [0.05, 0.1) is 5.39 Å². The van der Waals surface area contributed by atoms with E-state index in [1.165, 1.54) is 6.33 Å². The molecule has 0 aliphatic carbocycles. The number of benzene rings is 1. The Morgan fingerprint density at radius 1 is 1.26 bits per heavy atom. The molecular weight excluding hydrogens is 238 g/mol. The Morgan fingerprint density at radius 2 is 2.11 bits per heavy atom. The monoisotopic (exact) mass is 253 g/mol. The van der Waals surface area contributed by atoms with Gasteiger partial charge in [-0.3, -0.25) is 0 Å². The van der Waals surface area contributed by atoms with E-state index in [0.29, 0.717) is 5.82 Å². The van der Waals surface area contributed by atoms with Gasteiger partial charge < -0.3 is 15.6 Å². The third-order valence-electron chi connectivity index (χ3n) is 3.21. The molecule has 19 heavy (non-hydrogen) atoms. The number of hydrogen-bond donors (Lipinski definition) is 2. The molecule has 0 amide bonds. The molecule has 1 aromatic carbocycles. The van der Waals surface area contributed by atoms with Gasteiger partial charge in [-0.25, -0.2) is 9.97 Å². The minimum absolute atomic E-state index is 0.519. The summed E-state index contributed by atoms with van der Waals surface area (Å²) in [6, 6.07) is 8.13. The largest absolute Gasteiger partial charge is 0.388 e. The van der Waals surface area contributed by atoms with Crippen molar-refractivity contribution in [2.24, 2.45) is 0 Å². The molecule has 5 heteroatoms. The second kappa shape index (κ2) is 4.28. The quantitative estimate of drug-likeness (QED) is 0.735. The van der Waals surface area contributed by atoms with E-state index >= 15 is 0 Å². The third kappa shape index (κ3) is 1.79. The molecule has 0 aliphatic heterocycles. The van der Waals surface area contributed by atoms with Crippen LogP contribution in [0.4, 0.5) is 11.5 Å².